The smallest absolute Gasteiger partial charge is 0.258 e. The van der Waals surface area contributed by atoms with Crippen molar-refractivity contribution in [2.75, 3.05) is 10.2 Å². The van der Waals surface area contributed by atoms with Crippen molar-refractivity contribution in [3.05, 3.63) is 95.1 Å². The molecule has 1 amide bonds. The van der Waals surface area contributed by atoms with E-state index in [1.54, 1.807) is 0 Å². The highest BCUT2D eigenvalue weighted by atomic mass is 16.2. The fourth-order valence-electron chi connectivity index (χ4n) is 4.00. The van der Waals surface area contributed by atoms with Crippen molar-refractivity contribution in [1.82, 2.24) is 0 Å². The van der Waals surface area contributed by atoms with Crippen LogP contribution >= 0.6 is 0 Å². The van der Waals surface area contributed by atoms with E-state index >= 15 is 0 Å². The van der Waals surface area contributed by atoms with Crippen LogP contribution in [0.5, 0.6) is 0 Å². The summed E-state index contributed by atoms with van der Waals surface area (Å²) in [5.41, 5.74) is 6.48. The molecule has 3 heteroatoms. The second-order valence-electron chi connectivity index (χ2n) is 7.75. The number of aryl methyl sites for hydroxylation is 2. The van der Waals surface area contributed by atoms with Gasteiger partial charge >= 0.3 is 0 Å². The Morgan fingerprint density at radius 3 is 2.32 bits per heavy atom. The van der Waals surface area contributed by atoms with Crippen LogP contribution in [-0.4, -0.2) is 11.9 Å². The van der Waals surface area contributed by atoms with Gasteiger partial charge in [0.15, 0.2) is 0 Å². The number of hydrogen-bond donors (Lipinski definition) is 1. The summed E-state index contributed by atoms with van der Waals surface area (Å²) in [6, 6.07) is 24.7. The lowest BCUT2D eigenvalue weighted by atomic mass is 9.89. The van der Waals surface area contributed by atoms with Gasteiger partial charge in [-0.1, -0.05) is 53.6 Å². The molecule has 0 aliphatic carbocycles. The van der Waals surface area contributed by atoms with Crippen molar-refractivity contribution >= 4 is 17.3 Å². The molecule has 28 heavy (non-hydrogen) atoms. The zero-order valence-electron chi connectivity index (χ0n) is 16.6. The van der Waals surface area contributed by atoms with E-state index in [0.29, 0.717) is 0 Å². The molecule has 0 spiro atoms. The summed E-state index contributed by atoms with van der Waals surface area (Å²) in [6.07, 6.45) is 0.864. The molecule has 1 aliphatic rings. The normalized spacial score (nSPS) is 18.5. The first-order valence-electron chi connectivity index (χ1n) is 9.85. The highest BCUT2D eigenvalue weighted by Gasteiger charge is 2.34. The molecule has 3 aromatic rings. The molecule has 4 rings (SSSR count). The average molecular weight is 370 g/mol. The van der Waals surface area contributed by atoms with Crippen LogP contribution in [0.1, 0.15) is 46.4 Å². The van der Waals surface area contributed by atoms with Crippen LogP contribution in [0.3, 0.4) is 0 Å². The Labute approximate surface area is 167 Å². The Balaban J connectivity index is 1.71. The van der Waals surface area contributed by atoms with Crippen LogP contribution in [-0.2, 0) is 0 Å². The number of benzene rings is 3. The van der Waals surface area contributed by atoms with Gasteiger partial charge in [-0.25, -0.2) is 0 Å². The lowest BCUT2D eigenvalue weighted by Gasteiger charge is -2.40. The summed E-state index contributed by atoms with van der Waals surface area (Å²) < 4.78 is 0. The highest BCUT2D eigenvalue weighted by Crippen LogP contribution is 2.40. The lowest BCUT2D eigenvalue weighted by Crippen LogP contribution is -2.44. The van der Waals surface area contributed by atoms with Crippen molar-refractivity contribution < 1.29 is 4.79 Å². The van der Waals surface area contributed by atoms with Gasteiger partial charge in [0.2, 0.25) is 0 Å². The molecule has 0 bridgehead atoms. The summed E-state index contributed by atoms with van der Waals surface area (Å²) in [5, 5.41) is 3.68. The van der Waals surface area contributed by atoms with E-state index in [-0.39, 0.29) is 18.0 Å². The van der Waals surface area contributed by atoms with E-state index in [4.69, 9.17) is 0 Å². The van der Waals surface area contributed by atoms with Crippen molar-refractivity contribution in [2.24, 2.45) is 0 Å². The van der Waals surface area contributed by atoms with Crippen molar-refractivity contribution in [3.8, 4) is 0 Å². The predicted molar refractivity (Wildman–Crippen MR) is 116 cm³/mol. The number of rotatable bonds is 3. The molecule has 142 valence electrons. The number of hydrogen-bond acceptors (Lipinski definition) is 2. The second-order valence-corrected chi connectivity index (χ2v) is 7.75. The van der Waals surface area contributed by atoms with Crippen molar-refractivity contribution in [1.29, 1.82) is 0 Å². The van der Waals surface area contributed by atoms with E-state index in [0.717, 1.165) is 23.4 Å². The van der Waals surface area contributed by atoms with E-state index in [1.807, 2.05) is 35.2 Å². The molecule has 0 fully saturated rings. The molecule has 1 heterocycles. The molecule has 0 unspecified atom stereocenters. The highest BCUT2D eigenvalue weighted by molar-refractivity contribution is 6.07. The lowest BCUT2D eigenvalue weighted by molar-refractivity contribution is 0.0974. The molecule has 0 saturated heterocycles. The number of anilines is 2. The van der Waals surface area contributed by atoms with Crippen molar-refractivity contribution in [3.63, 3.8) is 0 Å². The maximum absolute atomic E-state index is 13.3. The van der Waals surface area contributed by atoms with Gasteiger partial charge < -0.3 is 10.2 Å². The molecule has 0 saturated carbocycles. The van der Waals surface area contributed by atoms with Gasteiger partial charge in [0.25, 0.3) is 5.91 Å². The van der Waals surface area contributed by atoms with Gasteiger partial charge in [-0.15, -0.1) is 0 Å². The Hall–Kier alpha value is -3.07. The van der Waals surface area contributed by atoms with E-state index in [2.05, 4.69) is 68.6 Å². The third-order valence-corrected chi connectivity index (χ3v) is 5.47. The van der Waals surface area contributed by atoms with Crippen LogP contribution in [0.2, 0.25) is 0 Å². The third kappa shape index (κ3) is 3.53. The molecule has 0 aromatic heterocycles. The van der Waals surface area contributed by atoms with Gasteiger partial charge in [0.05, 0.1) is 6.04 Å². The Bertz CT molecular complexity index is 979. The Kier molecular flexibility index (Phi) is 4.91. The summed E-state index contributed by atoms with van der Waals surface area (Å²) in [5.74, 6) is 0.0620. The SMILES string of the molecule is Cc1ccc(N[C@H]2C[C@H](C)N(C(=O)c3ccccc3)c3ccc(C)cc32)cc1. The van der Waals surface area contributed by atoms with E-state index in [1.165, 1.54) is 16.7 Å². The average Bonchev–Trinajstić information content (AvgIpc) is 2.70. The van der Waals surface area contributed by atoms with Gasteiger partial charge in [0.1, 0.15) is 0 Å². The van der Waals surface area contributed by atoms with Crippen LogP contribution in [0.25, 0.3) is 0 Å². The molecule has 1 aliphatic heterocycles. The Morgan fingerprint density at radius 1 is 0.929 bits per heavy atom. The maximum Gasteiger partial charge on any atom is 0.258 e. The number of nitrogens with one attached hydrogen (secondary N) is 1. The molecule has 3 aromatic carbocycles. The van der Waals surface area contributed by atoms with Gasteiger partial charge in [0, 0.05) is 23.0 Å². The molecular formula is C25H26N2O. The zero-order chi connectivity index (χ0) is 19.7. The number of fused-ring (bicyclic) bond motifs is 1. The largest absolute Gasteiger partial charge is 0.378 e. The summed E-state index contributed by atoms with van der Waals surface area (Å²) in [4.78, 5) is 15.2. The predicted octanol–water partition coefficient (Wildman–Crippen LogP) is 5.90. The number of carbonyl (C=O) groups excluding carboxylic acids is 1. The van der Waals surface area contributed by atoms with Crippen molar-refractivity contribution in [2.45, 2.75) is 39.3 Å². The number of nitrogens with zero attached hydrogens (tertiary/aromatic N) is 1. The van der Waals surface area contributed by atoms with E-state index < -0.39 is 0 Å². The van der Waals surface area contributed by atoms with E-state index in [9.17, 15) is 4.79 Å². The topological polar surface area (TPSA) is 32.3 Å². The first-order chi connectivity index (χ1) is 13.5. The van der Waals surface area contributed by atoms with Crippen LogP contribution in [0.15, 0.2) is 72.8 Å². The quantitative estimate of drug-likeness (QED) is 0.623. The van der Waals surface area contributed by atoms with Gasteiger partial charge in [-0.2, -0.15) is 0 Å². The maximum atomic E-state index is 13.3. The molecular weight excluding hydrogens is 344 g/mol. The standard InChI is InChI=1S/C25H26N2O/c1-17-9-12-21(13-10-17)26-23-16-19(3)27(24-14-11-18(2)15-22(23)24)25(28)20-7-5-4-6-8-20/h4-15,19,23,26H,16H2,1-3H3/t19-,23-/m0/s1. The Morgan fingerprint density at radius 2 is 1.61 bits per heavy atom. The number of carbonyl (C=O) groups is 1. The number of amides is 1. The summed E-state index contributed by atoms with van der Waals surface area (Å²) in [6.45, 7) is 6.33. The third-order valence-electron chi connectivity index (χ3n) is 5.47. The fourth-order valence-corrected chi connectivity index (χ4v) is 4.00. The molecule has 1 N–H and O–H groups in total. The van der Waals surface area contributed by atoms with Gasteiger partial charge in [-0.3, -0.25) is 4.79 Å². The fraction of sp³-hybridized carbons (Fsp3) is 0.240. The van der Waals surface area contributed by atoms with Crippen LogP contribution < -0.4 is 10.2 Å². The summed E-state index contributed by atoms with van der Waals surface area (Å²) >= 11 is 0. The molecule has 3 nitrogen and oxygen atoms in total. The van der Waals surface area contributed by atoms with Gasteiger partial charge in [-0.05, 0) is 63.1 Å². The first-order valence-corrected chi connectivity index (χ1v) is 9.85. The molecule has 0 radical (unpaired) electrons. The zero-order valence-corrected chi connectivity index (χ0v) is 16.6. The minimum Gasteiger partial charge on any atom is -0.378 e. The minimum absolute atomic E-state index is 0.0620. The summed E-state index contributed by atoms with van der Waals surface area (Å²) in [7, 11) is 0. The van der Waals surface area contributed by atoms with Crippen LogP contribution in [0, 0.1) is 13.8 Å². The first kappa shape index (κ1) is 18.3. The monoisotopic (exact) mass is 370 g/mol. The minimum atomic E-state index is 0.0620. The molecule has 2 atom stereocenters. The second kappa shape index (κ2) is 7.51. The van der Waals surface area contributed by atoms with Crippen LogP contribution in [0.4, 0.5) is 11.4 Å².